The fourth-order valence-electron chi connectivity index (χ4n) is 2.41. The fraction of sp³-hybridized carbons (Fsp3) is 0.538. The lowest BCUT2D eigenvalue weighted by Crippen LogP contribution is -2.58. The van der Waals surface area contributed by atoms with Gasteiger partial charge in [0.1, 0.15) is 5.56 Å². The first-order valence-corrected chi connectivity index (χ1v) is 6.97. The number of pyridine rings is 1. The largest absolute Gasteiger partial charge is 0.480 e. The number of nitrogens with two attached hydrogens (primary N) is 1. The predicted molar refractivity (Wildman–Crippen MR) is 78.2 cm³/mol. The van der Waals surface area contributed by atoms with E-state index in [0.29, 0.717) is 18.0 Å². The quantitative estimate of drug-likeness (QED) is 0.476. The van der Waals surface area contributed by atoms with Gasteiger partial charge in [0.2, 0.25) is 5.88 Å². The summed E-state index contributed by atoms with van der Waals surface area (Å²) >= 11 is 5.90. The first-order chi connectivity index (χ1) is 10.1. The number of nitrogens with one attached hydrogen (secondary N) is 1. The minimum Gasteiger partial charge on any atom is -0.480 e. The first kappa shape index (κ1) is 16.0. The molecule has 2 unspecified atom stereocenters. The van der Waals surface area contributed by atoms with Gasteiger partial charge in [-0.3, -0.25) is 9.80 Å². The van der Waals surface area contributed by atoms with Crippen LogP contribution in [0.3, 0.4) is 0 Å². The Morgan fingerprint density at radius 2 is 2.33 bits per heavy atom. The number of hydrogen-bond acceptors (Lipinski definition) is 6. The predicted octanol–water partition coefficient (Wildman–Crippen LogP) is 0.436. The molecule has 0 bridgehead atoms. The van der Waals surface area contributed by atoms with Gasteiger partial charge in [-0.05, 0) is 19.0 Å². The number of hydrazine groups is 1. The van der Waals surface area contributed by atoms with Gasteiger partial charge in [0.15, 0.2) is 0 Å². The lowest BCUT2D eigenvalue weighted by Gasteiger charge is -2.36. The van der Waals surface area contributed by atoms with Crippen LogP contribution < -0.4 is 15.9 Å². The first-order valence-electron chi connectivity index (χ1n) is 6.59. The summed E-state index contributed by atoms with van der Waals surface area (Å²) in [5, 5.41) is 4.74. The highest BCUT2D eigenvalue weighted by molar-refractivity contribution is 6.30. The third-order valence-corrected chi connectivity index (χ3v) is 3.73. The second-order valence-corrected chi connectivity index (χ2v) is 5.19. The Bertz CT molecular complexity index is 514. The molecule has 21 heavy (non-hydrogen) atoms. The normalized spacial score (nSPS) is 21.9. The molecule has 2 rings (SSSR count). The maximum Gasteiger partial charge on any atom is 0.273 e. The summed E-state index contributed by atoms with van der Waals surface area (Å²) < 4.78 is 10.5. The number of amides is 1. The molecule has 2 heterocycles. The molecule has 1 aromatic heterocycles. The smallest absolute Gasteiger partial charge is 0.273 e. The molecule has 0 radical (unpaired) electrons. The van der Waals surface area contributed by atoms with E-state index in [1.54, 1.807) is 7.11 Å². The SMILES string of the molecule is COc1ncc(Cl)cc1C(=O)N(N)C1CCNCC1OC. The molecule has 8 heteroatoms. The number of hydrogen-bond donors (Lipinski definition) is 2. The summed E-state index contributed by atoms with van der Waals surface area (Å²) in [7, 11) is 3.04. The van der Waals surface area contributed by atoms with Crippen LogP contribution in [0, 0.1) is 0 Å². The molecule has 0 aromatic carbocycles. The molecule has 2 atom stereocenters. The van der Waals surface area contributed by atoms with E-state index in [9.17, 15) is 4.79 Å². The van der Waals surface area contributed by atoms with E-state index in [-0.39, 0.29) is 23.6 Å². The van der Waals surface area contributed by atoms with Crippen LogP contribution in [0.25, 0.3) is 0 Å². The highest BCUT2D eigenvalue weighted by Crippen LogP contribution is 2.22. The number of aromatic nitrogens is 1. The molecular formula is C13H19ClN4O3. The maximum absolute atomic E-state index is 12.6. The molecule has 0 spiro atoms. The Morgan fingerprint density at radius 3 is 3.00 bits per heavy atom. The number of halogens is 1. The zero-order valence-corrected chi connectivity index (χ0v) is 12.8. The lowest BCUT2D eigenvalue weighted by atomic mass is 10.0. The summed E-state index contributed by atoms with van der Waals surface area (Å²) in [6.45, 7) is 1.42. The van der Waals surface area contributed by atoms with Crippen LogP contribution in [0.2, 0.25) is 5.02 Å². The number of methoxy groups -OCH3 is 2. The summed E-state index contributed by atoms with van der Waals surface area (Å²) in [4.78, 5) is 16.6. The van der Waals surface area contributed by atoms with Gasteiger partial charge in [-0.1, -0.05) is 11.6 Å². The molecule has 1 fully saturated rings. The standard InChI is InChI=1S/C13H19ClN4O3/c1-20-11-7-16-4-3-10(11)18(15)13(19)9-5-8(14)6-17-12(9)21-2/h5-6,10-11,16H,3-4,7,15H2,1-2H3. The topological polar surface area (TPSA) is 89.7 Å². The van der Waals surface area contributed by atoms with Gasteiger partial charge in [0, 0.05) is 19.9 Å². The van der Waals surface area contributed by atoms with E-state index in [2.05, 4.69) is 10.3 Å². The highest BCUT2D eigenvalue weighted by Gasteiger charge is 2.33. The van der Waals surface area contributed by atoms with E-state index in [4.69, 9.17) is 26.9 Å². The van der Waals surface area contributed by atoms with Gasteiger partial charge in [-0.15, -0.1) is 0 Å². The Labute approximate surface area is 128 Å². The van der Waals surface area contributed by atoms with Crippen molar-refractivity contribution in [3.8, 4) is 5.88 Å². The van der Waals surface area contributed by atoms with Crippen molar-refractivity contribution < 1.29 is 14.3 Å². The van der Waals surface area contributed by atoms with E-state index >= 15 is 0 Å². The number of piperidine rings is 1. The zero-order valence-electron chi connectivity index (χ0n) is 12.0. The van der Waals surface area contributed by atoms with Crippen LogP contribution in [-0.2, 0) is 4.74 Å². The number of carbonyl (C=O) groups excluding carboxylic acids is 1. The highest BCUT2D eigenvalue weighted by atomic mass is 35.5. The number of nitrogens with zero attached hydrogens (tertiary/aromatic N) is 2. The van der Waals surface area contributed by atoms with Gasteiger partial charge < -0.3 is 14.8 Å². The Hall–Kier alpha value is -1.41. The molecule has 1 amide bonds. The zero-order chi connectivity index (χ0) is 15.4. The summed E-state index contributed by atoms with van der Waals surface area (Å²) in [5.74, 6) is 5.82. The third kappa shape index (κ3) is 3.44. The van der Waals surface area contributed by atoms with Crippen LogP contribution in [0.15, 0.2) is 12.3 Å². The minimum atomic E-state index is -0.393. The van der Waals surface area contributed by atoms with Gasteiger partial charge in [0.05, 0.1) is 24.3 Å². The second kappa shape index (κ2) is 7.04. The maximum atomic E-state index is 12.6. The summed E-state index contributed by atoms with van der Waals surface area (Å²) in [6.07, 6.45) is 1.96. The van der Waals surface area contributed by atoms with Crippen molar-refractivity contribution in [1.29, 1.82) is 0 Å². The van der Waals surface area contributed by atoms with Crippen LogP contribution in [0.5, 0.6) is 5.88 Å². The van der Waals surface area contributed by atoms with E-state index in [1.807, 2.05) is 0 Å². The molecular weight excluding hydrogens is 296 g/mol. The average molecular weight is 315 g/mol. The molecule has 1 aromatic rings. The number of rotatable bonds is 4. The molecule has 116 valence electrons. The molecule has 7 nitrogen and oxygen atoms in total. The Kier molecular flexibility index (Phi) is 5.35. The summed E-state index contributed by atoms with van der Waals surface area (Å²) in [6, 6.07) is 1.28. The average Bonchev–Trinajstić information content (AvgIpc) is 2.53. The van der Waals surface area contributed by atoms with Crippen molar-refractivity contribution in [3.05, 3.63) is 22.8 Å². The minimum absolute atomic E-state index is 0.161. The van der Waals surface area contributed by atoms with Crippen molar-refractivity contribution in [3.63, 3.8) is 0 Å². The van der Waals surface area contributed by atoms with E-state index < -0.39 is 5.91 Å². The van der Waals surface area contributed by atoms with E-state index in [1.165, 1.54) is 24.4 Å². The van der Waals surface area contributed by atoms with Crippen LogP contribution in [0.1, 0.15) is 16.8 Å². The van der Waals surface area contributed by atoms with Crippen molar-refractivity contribution >= 4 is 17.5 Å². The molecule has 1 saturated heterocycles. The lowest BCUT2D eigenvalue weighted by molar-refractivity contribution is 0.000364. The van der Waals surface area contributed by atoms with Crippen LogP contribution in [-0.4, -0.2) is 55.4 Å². The molecule has 1 aliphatic heterocycles. The van der Waals surface area contributed by atoms with Gasteiger partial charge in [0.25, 0.3) is 5.91 Å². The molecule has 1 aliphatic rings. The number of ether oxygens (including phenoxy) is 2. The molecule has 0 aliphatic carbocycles. The van der Waals surface area contributed by atoms with Crippen LogP contribution >= 0.6 is 11.6 Å². The number of carbonyl (C=O) groups is 1. The molecule has 3 N–H and O–H groups in total. The van der Waals surface area contributed by atoms with Crippen molar-refractivity contribution in [1.82, 2.24) is 15.3 Å². The summed E-state index contributed by atoms with van der Waals surface area (Å²) in [5.41, 5.74) is 0.237. The monoisotopic (exact) mass is 314 g/mol. The Morgan fingerprint density at radius 1 is 1.57 bits per heavy atom. The second-order valence-electron chi connectivity index (χ2n) is 4.76. The third-order valence-electron chi connectivity index (χ3n) is 3.53. The van der Waals surface area contributed by atoms with Crippen molar-refractivity contribution in [2.75, 3.05) is 27.3 Å². The van der Waals surface area contributed by atoms with Crippen molar-refractivity contribution in [2.45, 2.75) is 18.6 Å². The van der Waals surface area contributed by atoms with E-state index in [0.717, 1.165) is 6.54 Å². The van der Waals surface area contributed by atoms with Crippen molar-refractivity contribution in [2.24, 2.45) is 5.84 Å². The molecule has 0 saturated carbocycles. The Balaban J connectivity index is 2.24. The van der Waals surface area contributed by atoms with Gasteiger partial charge >= 0.3 is 0 Å². The van der Waals surface area contributed by atoms with Crippen LogP contribution in [0.4, 0.5) is 0 Å². The van der Waals surface area contributed by atoms with Gasteiger partial charge in [-0.25, -0.2) is 10.8 Å². The fourth-order valence-corrected chi connectivity index (χ4v) is 2.57. The van der Waals surface area contributed by atoms with Gasteiger partial charge in [-0.2, -0.15) is 0 Å².